The number of ether oxygens (including phenoxy) is 1. The van der Waals surface area contributed by atoms with Crippen molar-refractivity contribution < 1.29 is 14.9 Å². The van der Waals surface area contributed by atoms with Gasteiger partial charge in [0.2, 0.25) is 0 Å². The highest BCUT2D eigenvalue weighted by Crippen LogP contribution is 2.30. The van der Waals surface area contributed by atoms with Crippen molar-refractivity contribution in [2.24, 2.45) is 5.11 Å². The lowest BCUT2D eigenvalue weighted by atomic mass is 10.1. The Labute approximate surface area is 111 Å². The van der Waals surface area contributed by atoms with Gasteiger partial charge in [-0.05, 0) is 12.5 Å². The summed E-state index contributed by atoms with van der Waals surface area (Å²) in [4.78, 5) is 27.8. The third-order valence-electron chi connectivity index (χ3n) is 3.12. The molecule has 10 nitrogen and oxygen atoms in total. The van der Waals surface area contributed by atoms with Gasteiger partial charge in [-0.25, -0.2) is 4.79 Å². The molecular weight excluding hydrogens is 270 g/mol. The van der Waals surface area contributed by atoms with Gasteiger partial charge in [-0.3, -0.25) is 14.3 Å². The van der Waals surface area contributed by atoms with Crippen LogP contribution in [0.2, 0.25) is 0 Å². The molecule has 1 fully saturated rings. The van der Waals surface area contributed by atoms with Crippen molar-refractivity contribution in [3.63, 3.8) is 0 Å². The van der Waals surface area contributed by atoms with Crippen LogP contribution in [0.5, 0.6) is 0 Å². The molecule has 2 heterocycles. The van der Waals surface area contributed by atoms with Crippen molar-refractivity contribution in [1.29, 1.82) is 0 Å². The predicted octanol–water partition coefficient (Wildman–Crippen LogP) is -1.23. The average molecular weight is 283 g/mol. The summed E-state index contributed by atoms with van der Waals surface area (Å²) in [6.45, 7) is 0.998. The molecule has 108 valence electrons. The van der Waals surface area contributed by atoms with E-state index < -0.39 is 42.3 Å². The van der Waals surface area contributed by atoms with Crippen molar-refractivity contribution in [3.05, 3.63) is 43.0 Å². The van der Waals surface area contributed by atoms with Crippen LogP contribution in [0.15, 0.2) is 20.9 Å². The number of hydrogen-bond acceptors (Lipinski definition) is 6. The lowest BCUT2D eigenvalue weighted by Gasteiger charge is -2.17. The van der Waals surface area contributed by atoms with Crippen LogP contribution in [0.1, 0.15) is 11.8 Å². The normalized spacial score (nSPS) is 29.1. The summed E-state index contributed by atoms with van der Waals surface area (Å²) in [5.41, 5.74) is 7.49. The van der Waals surface area contributed by atoms with Crippen molar-refractivity contribution in [2.45, 2.75) is 31.4 Å². The van der Waals surface area contributed by atoms with Crippen molar-refractivity contribution in [2.75, 3.05) is 6.61 Å². The standard InChI is InChI=1S/C10H13N5O5/c1-4-2-15(10(19)12-8(4)18)9-6(13-14-11)7(17)5(3-16)20-9/h2,5-7,9,16-17H,3H2,1H3,(H,12,18,19)/t5-,6+,7-,9-/m1/s1. The van der Waals surface area contributed by atoms with Crippen LogP contribution >= 0.6 is 0 Å². The Balaban J connectivity index is 2.50. The minimum absolute atomic E-state index is 0.259. The first-order valence-electron chi connectivity index (χ1n) is 5.80. The van der Waals surface area contributed by atoms with Gasteiger partial charge in [0.25, 0.3) is 5.56 Å². The predicted molar refractivity (Wildman–Crippen MR) is 66.0 cm³/mol. The second kappa shape index (κ2) is 5.47. The molecule has 0 unspecified atom stereocenters. The van der Waals surface area contributed by atoms with E-state index in [4.69, 9.17) is 15.4 Å². The Hall–Kier alpha value is -2.13. The molecular formula is C10H13N5O5. The molecule has 1 aromatic heterocycles. The number of aliphatic hydroxyl groups excluding tert-OH is 2. The minimum atomic E-state index is -1.25. The Morgan fingerprint density at radius 3 is 2.90 bits per heavy atom. The highest BCUT2D eigenvalue weighted by Gasteiger charge is 2.44. The van der Waals surface area contributed by atoms with Gasteiger partial charge in [-0.2, -0.15) is 0 Å². The molecule has 1 aliphatic heterocycles. The lowest BCUT2D eigenvalue weighted by Crippen LogP contribution is -2.37. The van der Waals surface area contributed by atoms with E-state index in [1.54, 1.807) is 0 Å². The number of rotatable bonds is 3. The average Bonchev–Trinajstić information content (AvgIpc) is 2.72. The largest absolute Gasteiger partial charge is 0.394 e. The Kier molecular flexibility index (Phi) is 3.91. The van der Waals surface area contributed by atoms with Crippen LogP contribution in [0.3, 0.4) is 0 Å². The zero-order valence-corrected chi connectivity index (χ0v) is 10.5. The van der Waals surface area contributed by atoms with Gasteiger partial charge in [0, 0.05) is 16.7 Å². The highest BCUT2D eigenvalue weighted by atomic mass is 16.5. The van der Waals surface area contributed by atoms with Gasteiger partial charge in [0.15, 0.2) is 0 Å². The Morgan fingerprint density at radius 1 is 1.60 bits per heavy atom. The maximum atomic E-state index is 11.8. The van der Waals surface area contributed by atoms with E-state index in [2.05, 4.69) is 15.0 Å². The molecule has 0 bridgehead atoms. The molecule has 3 N–H and O–H groups in total. The number of aryl methyl sites for hydroxylation is 1. The number of hydrogen-bond donors (Lipinski definition) is 3. The number of aromatic nitrogens is 2. The van der Waals surface area contributed by atoms with Gasteiger partial charge >= 0.3 is 5.69 Å². The first-order valence-corrected chi connectivity index (χ1v) is 5.80. The zero-order chi connectivity index (χ0) is 14.9. The molecule has 0 spiro atoms. The number of azide groups is 1. The molecule has 10 heteroatoms. The van der Waals surface area contributed by atoms with Gasteiger partial charge in [-0.1, -0.05) is 5.11 Å². The molecule has 1 aliphatic rings. The van der Waals surface area contributed by atoms with E-state index in [0.717, 1.165) is 4.57 Å². The highest BCUT2D eigenvalue weighted by molar-refractivity contribution is 5.04. The molecule has 1 aromatic rings. The fourth-order valence-corrected chi connectivity index (χ4v) is 2.07. The Morgan fingerprint density at radius 2 is 2.30 bits per heavy atom. The third-order valence-corrected chi connectivity index (χ3v) is 3.12. The van der Waals surface area contributed by atoms with Crippen LogP contribution in [0.25, 0.3) is 10.4 Å². The third kappa shape index (κ3) is 2.32. The van der Waals surface area contributed by atoms with Crippen LogP contribution in [-0.2, 0) is 4.74 Å². The Bertz CT molecular complexity index is 661. The minimum Gasteiger partial charge on any atom is -0.394 e. The van der Waals surface area contributed by atoms with E-state index in [1.807, 2.05) is 0 Å². The second-order valence-electron chi connectivity index (χ2n) is 4.41. The first-order chi connectivity index (χ1) is 9.49. The molecule has 0 aromatic carbocycles. The number of nitrogens with zero attached hydrogens (tertiary/aromatic N) is 4. The molecule has 0 amide bonds. The quantitative estimate of drug-likeness (QED) is 0.360. The van der Waals surface area contributed by atoms with Gasteiger partial charge in [-0.15, -0.1) is 0 Å². The van der Waals surface area contributed by atoms with Gasteiger partial charge < -0.3 is 14.9 Å². The molecule has 20 heavy (non-hydrogen) atoms. The molecule has 1 saturated heterocycles. The molecule has 0 saturated carbocycles. The van der Waals surface area contributed by atoms with E-state index in [9.17, 15) is 14.7 Å². The smallest absolute Gasteiger partial charge is 0.330 e. The first kappa shape index (κ1) is 14.3. The molecule has 0 aliphatic carbocycles. The van der Waals surface area contributed by atoms with Gasteiger partial charge in [0.05, 0.1) is 12.7 Å². The second-order valence-corrected chi connectivity index (χ2v) is 4.41. The van der Waals surface area contributed by atoms with Crippen LogP contribution in [0, 0.1) is 6.92 Å². The summed E-state index contributed by atoms with van der Waals surface area (Å²) in [6, 6.07) is -1.08. The monoisotopic (exact) mass is 283 g/mol. The van der Waals surface area contributed by atoms with Crippen LogP contribution < -0.4 is 11.2 Å². The lowest BCUT2D eigenvalue weighted by molar-refractivity contribution is -0.0465. The number of aliphatic hydroxyl groups is 2. The van der Waals surface area contributed by atoms with E-state index in [-0.39, 0.29) is 5.56 Å². The molecule has 4 atom stereocenters. The van der Waals surface area contributed by atoms with Crippen LogP contribution in [-0.4, -0.2) is 44.6 Å². The molecule has 2 rings (SSSR count). The van der Waals surface area contributed by atoms with E-state index in [1.165, 1.54) is 13.1 Å². The topological polar surface area (TPSA) is 153 Å². The van der Waals surface area contributed by atoms with E-state index in [0.29, 0.717) is 0 Å². The van der Waals surface area contributed by atoms with Crippen molar-refractivity contribution in [3.8, 4) is 0 Å². The number of H-pyrrole nitrogens is 1. The SMILES string of the molecule is Cc1cn([C@@H]2O[C@H](CO)[C@@H](O)[C@@H]2N=[N+]=[N-])c(=O)[nH]c1=O. The maximum absolute atomic E-state index is 11.8. The summed E-state index contributed by atoms with van der Waals surface area (Å²) in [5.74, 6) is 0. The summed E-state index contributed by atoms with van der Waals surface area (Å²) < 4.78 is 6.35. The fourth-order valence-electron chi connectivity index (χ4n) is 2.07. The van der Waals surface area contributed by atoms with Crippen LogP contribution in [0.4, 0.5) is 0 Å². The number of aromatic amines is 1. The van der Waals surface area contributed by atoms with Crippen molar-refractivity contribution in [1.82, 2.24) is 9.55 Å². The zero-order valence-electron chi connectivity index (χ0n) is 10.5. The summed E-state index contributed by atoms with van der Waals surface area (Å²) in [7, 11) is 0. The molecule has 0 radical (unpaired) electrons. The summed E-state index contributed by atoms with van der Waals surface area (Å²) >= 11 is 0. The number of nitrogens with one attached hydrogen (secondary N) is 1. The maximum Gasteiger partial charge on any atom is 0.330 e. The van der Waals surface area contributed by atoms with E-state index >= 15 is 0 Å². The van der Waals surface area contributed by atoms with Crippen molar-refractivity contribution >= 4 is 0 Å². The summed E-state index contributed by atoms with van der Waals surface area (Å²) in [6.07, 6.45) is -2.08. The fraction of sp³-hybridized carbons (Fsp3) is 0.600. The van der Waals surface area contributed by atoms with Gasteiger partial charge in [0.1, 0.15) is 18.4 Å². The summed E-state index contributed by atoms with van der Waals surface area (Å²) in [5, 5.41) is 22.4.